The zero-order chi connectivity index (χ0) is 38.9. The summed E-state index contributed by atoms with van der Waals surface area (Å²) in [6.07, 6.45) is 46.9. The third-order valence-corrected chi connectivity index (χ3v) is 9.09. The van der Waals surface area contributed by atoms with E-state index in [-0.39, 0.29) is 32.1 Å². The minimum absolute atomic E-state index is 0.0470. The van der Waals surface area contributed by atoms with Gasteiger partial charge in [-0.25, -0.2) is 4.57 Å². The molecule has 9 nitrogen and oxygen atoms in total. The van der Waals surface area contributed by atoms with Gasteiger partial charge in [0, 0.05) is 19.4 Å². The lowest BCUT2D eigenvalue weighted by Crippen LogP contribution is -2.27. The Balaban J connectivity index is 3.73. The van der Waals surface area contributed by atoms with Crippen molar-refractivity contribution in [1.82, 2.24) is 5.32 Å². The van der Waals surface area contributed by atoms with E-state index in [2.05, 4.69) is 92.1 Å². The lowest BCUT2D eigenvalue weighted by atomic mass is 10.1. The van der Waals surface area contributed by atoms with Crippen LogP contribution in [0.25, 0.3) is 0 Å². The molecule has 1 amide bonds. The summed E-state index contributed by atoms with van der Waals surface area (Å²) in [4.78, 5) is 33.8. The minimum Gasteiger partial charge on any atom is -0.463 e. The van der Waals surface area contributed by atoms with E-state index in [0.717, 1.165) is 64.2 Å². The van der Waals surface area contributed by atoms with Gasteiger partial charge in [0.05, 0.1) is 13.2 Å². The zero-order valence-corrected chi connectivity index (χ0v) is 34.1. The summed E-state index contributed by atoms with van der Waals surface area (Å²) in [5.41, 5.74) is 0. The molecule has 0 aromatic rings. The molecule has 0 radical (unpaired) electrons. The van der Waals surface area contributed by atoms with Gasteiger partial charge in [-0.1, -0.05) is 132 Å². The second-order valence-electron chi connectivity index (χ2n) is 13.2. The van der Waals surface area contributed by atoms with E-state index in [0.29, 0.717) is 19.3 Å². The fourth-order valence-electron chi connectivity index (χ4n) is 4.99. The van der Waals surface area contributed by atoms with Crippen LogP contribution in [0, 0.1) is 0 Å². The minimum atomic E-state index is -4.44. The molecule has 10 heteroatoms. The summed E-state index contributed by atoms with van der Waals surface area (Å²) in [6, 6.07) is 0. The second-order valence-corrected chi connectivity index (χ2v) is 14.7. The highest BCUT2D eigenvalue weighted by Crippen LogP contribution is 2.42. The largest absolute Gasteiger partial charge is 0.472 e. The van der Waals surface area contributed by atoms with Crippen molar-refractivity contribution < 1.29 is 37.9 Å². The first-order chi connectivity index (χ1) is 25.8. The average molecular weight is 764 g/mol. The number of rotatable bonds is 37. The molecule has 0 fully saturated rings. The molecule has 0 bridgehead atoms. The van der Waals surface area contributed by atoms with Crippen LogP contribution in [-0.2, 0) is 27.9 Å². The molecular formula is C43H74NO8P. The number of esters is 1. The first-order valence-electron chi connectivity index (χ1n) is 20.4. The summed E-state index contributed by atoms with van der Waals surface area (Å²) < 4.78 is 26.8. The van der Waals surface area contributed by atoms with Crippen molar-refractivity contribution in [3.8, 4) is 0 Å². The smallest absolute Gasteiger partial charge is 0.463 e. The van der Waals surface area contributed by atoms with Crippen molar-refractivity contribution in [3.63, 3.8) is 0 Å². The number of ether oxygens (including phenoxy) is 1. The van der Waals surface area contributed by atoms with Gasteiger partial charge >= 0.3 is 13.8 Å². The molecule has 0 heterocycles. The molecule has 0 rings (SSSR count). The zero-order valence-electron chi connectivity index (χ0n) is 33.2. The lowest BCUT2D eigenvalue weighted by molar-refractivity contribution is -0.147. The van der Waals surface area contributed by atoms with Crippen LogP contribution in [0.4, 0.5) is 0 Å². The lowest BCUT2D eigenvalue weighted by Gasteiger charge is -2.15. The van der Waals surface area contributed by atoms with Gasteiger partial charge in [-0.15, -0.1) is 0 Å². The van der Waals surface area contributed by atoms with E-state index in [1.165, 1.54) is 51.4 Å². The Kier molecular flexibility index (Phi) is 37.3. The molecule has 0 saturated carbocycles. The predicted octanol–water partition coefficient (Wildman–Crippen LogP) is 11.1. The maximum absolute atomic E-state index is 12.1. The number of aliphatic hydroxyl groups is 1. The highest BCUT2D eigenvalue weighted by atomic mass is 31.2. The number of hydrogen-bond acceptors (Lipinski definition) is 7. The molecule has 0 aliphatic carbocycles. The monoisotopic (exact) mass is 764 g/mol. The number of amides is 1. The Hall–Kier alpha value is -2.55. The quantitative estimate of drug-likeness (QED) is 0.0247. The van der Waals surface area contributed by atoms with Gasteiger partial charge < -0.3 is 20.1 Å². The molecule has 53 heavy (non-hydrogen) atoms. The van der Waals surface area contributed by atoms with Crippen molar-refractivity contribution in [2.45, 2.75) is 161 Å². The predicted molar refractivity (Wildman–Crippen MR) is 219 cm³/mol. The highest BCUT2D eigenvalue weighted by molar-refractivity contribution is 7.47. The third-order valence-electron chi connectivity index (χ3n) is 8.11. The van der Waals surface area contributed by atoms with Gasteiger partial charge in [-0.2, -0.15) is 0 Å². The van der Waals surface area contributed by atoms with Crippen LogP contribution in [0.2, 0.25) is 0 Å². The Morgan fingerprint density at radius 1 is 0.585 bits per heavy atom. The van der Waals surface area contributed by atoms with Crippen molar-refractivity contribution in [3.05, 3.63) is 72.9 Å². The van der Waals surface area contributed by atoms with Crippen molar-refractivity contribution in [2.24, 2.45) is 0 Å². The van der Waals surface area contributed by atoms with Gasteiger partial charge in [0.15, 0.2) is 0 Å². The summed E-state index contributed by atoms with van der Waals surface area (Å²) in [6.45, 7) is 3.39. The number of unbranched alkanes of at least 4 members (excludes halogenated alkanes) is 12. The first kappa shape index (κ1) is 50.5. The van der Waals surface area contributed by atoms with E-state index in [9.17, 15) is 24.2 Å². The third kappa shape index (κ3) is 40.5. The van der Waals surface area contributed by atoms with Gasteiger partial charge in [0.1, 0.15) is 12.7 Å². The standard InChI is InChI=1S/C43H74NO8P/c1-3-5-7-9-11-13-15-17-19-20-22-23-25-27-29-31-33-35-42(46)44-37-38-51-53(48,49)52-40-41(45)39-50-43(47)36-34-32-30-28-26-24-21-18-16-14-12-10-8-6-4-2/h11-14,17-19,21-23,27,29,41,45H,3-10,15-16,20,24-26,28,30-40H2,1-2H3,(H,44,46)(H,48,49)/b13-11-,14-12-,19-17-,21-18-,23-22-,29-27-. The highest BCUT2D eigenvalue weighted by Gasteiger charge is 2.23. The van der Waals surface area contributed by atoms with E-state index in [1.54, 1.807) is 0 Å². The molecule has 3 N–H and O–H groups in total. The van der Waals surface area contributed by atoms with E-state index in [4.69, 9.17) is 13.8 Å². The molecule has 0 aromatic heterocycles. The molecule has 304 valence electrons. The Morgan fingerprint density at radius 2 is 1.04 bits per heavy atom. The fourth-order valence-corrected chi connectivity index (χ4v) is 5.75. The summed E-state index contributed by atoms with van der Waals surface area (Å²) >= 11 is 0. The van der Waals surface area contributed by atoms with Crippen molar-refractivity contribution in [2.75, 3.05) is 26.4 Å². The second kappa shape index (κ2) is 39.2. The maximum Gasteiger partial charge on any atom is 0.472 e. The van der Waals surface area contributed by atoms with Crippen LogP contribution in [0.15, 0.2) is 72.9 Å². The normalized spacial score (nSPS) is 14.1. The average Bonchev–Trinajstić information content (AvgIpc) is 3.14. The van der Waals surface area contributed by atoms with Gasteiger partial charge in [0.2, 0.25) is 5.91 Å². The molecule has 0 aliphatic heterocycles. The van der Waals surface area contributed by atoms with Crippen LogP contribution in [0.5, 0.6) is 0 Å². The Labute approximate surface area is 322 Å². The number of aliphatic hydroxyl groups excluding tert-OH is 1. The topological polar surface area (TPSA) is 131 Å². The molecule has 2 unspecified atom stereocenters. The number of phosphoric acid groups is 1. The Bertz CT molecular complexity index is 1100. The maximum atomic E-state index is 12.1. The fraction of sp³-hybridized carbons (Fsp3) is 0.674. The van der Waals surface area contributed by atoms with Crippen LogP contribution in [-0.4, -0.2) is 54.3 Å². The van der Waals surface area contributed by atoms with Gasteiger partial charge in [-0.3, -0.25) is 18.6 Å². The van der Waals surface area contributed by atoms with Crippen LogP contribution < -0.4 is 5.32 Å². The number of nitrogens with one attached hydrogen (secondary N) is 1. The van der Waals surface area contributed by atoms with Gasteiger partial charge in [0.25, 0.3) is 0 Å². The summed E-state index contributed by atoms with van der Waals surface area (Å²) in [7, 11) is -4.44. The number of hydrogen-bond donors (Lipinski definition) is 3. The summed E-state index contributed by atoms with van der Waals surface area (Å²) in [5.74, 6) is -0.594. The Morgan fingerprint density at radius 3 is 1.57 bits per heavy atom. The molecule has 0 aliphatic rings. The van der Waals surface area contributed by atoms with Crippen LogP contribution in [0.3, 0.4) is 0 Å². The number of allylic oxidation sites excluding steroid dienone is 12. The van der Waals surface area contributed by atoms with E-state index < -0.39 is 26.5 Å². The summed E-state index contributed by atoms with van der Waals surface area (Å²) in [5, 5.41) is 12.6. The number of phosphoric ester groups is 1. The molecule has 0 spiro atoms. The van der Waals surface area contributed by atoms with E-state index >= 15 is 0 Å². The first-order valence-corrected chi connectivity index (χ1v) is 21.9. The molecule has 0 saturated heterocycles. The van der Waals surface area contributed by atoms with Crippen LogP contribution >= 0.6 is 7.82 Å². The van der Waals surface area contributed by atoms with Crippen LogP contribution in [0.1, 0.15) is 155 Å². The number of carbonyl (C=O) groups excluding carboxylic acids is 2. The SMILES string of the molecule is CCCCC/C=C\C/C=C\C/C=C\C/C=C\CCCC(=O)NCCOP(=O)(O)OCC(O)COC(=O)CCCCCCC/C=C\C/C=C\CCCCC. The van der Waals surface area contributed by atoms with Gasteiger partial charge in [-0.05, 0) is 83.5 Å². The molecule has 2 atom stereocenters. The number of carbonyl (C=O) groups is 2. The molecule has 0 aromatic carbocycles. The molecular weight excluding hydrogens is 689 g/mol. The van der Waals surface area contributed by atoms with Crippen molar-refractivity contribution >= 4 is 19.7 Å². The van der Waals surface area contributed by atoms with E-state index in [1.807, 2.05) is 0 Å². The van der Waals surface area contributed by atoms with Crippen molar-refractivity contribution in [1.29, 1.82) is 0 Å².